The smallest absolute Gasteiger partial charge is 0.310 e. The van der Waals surface area contributed by atoms with Crippen LogP contribution in [0.2, 0.25) is 0 Å². The monoisotopic (exact) mass is 322 g/mol. The van der Waals surface area contributed by atoms with Gasteiger partial charge in [-0.25, -0.2) is 5.01 Å². The van der Waals surface area contributed by atoms with E-state index in [1.54, 1.807) is 28.5 Å². The van der Waals surface area contributed by atoms with Crippen LogP contribution < -0.4 is 0 Å². The maximum Gasteiger partial charge on any atom is 0.310 e. The number of carbonyl (C=O) groups excluding carboxylic acids is 1. The lowest BCUT2D eigenvalue weighted by atomic mass is 10.0. The predicted octanol–water partition coefficient (Wildman–Crippen LogP) is 4.33. The van der Waals surface area contributed by atoms with Crippen LogP contribution in [0.3, 0.4) is 0 Å². The summed E-state index contributed by atoms with van der Waals surface area (Å²) in [5.41, 5.74) is 1.97. The fourth-order valence-corrected chi connectivity index (χ4v) is 3.53. The van der Waals surface area contributed by atoms with Gasteiger partial charge in [-0.1, -0.05) is 36.4 Å². The van der Waals surface area contributed by atoms with Gasteiger partial charge >= 0.3 is 5.91 Å². The molecule has 1 aromatic carbocycles. The zero-order valence-corrected chi connectivity index (χ0v) is 13.1. The Bertz CT molecular complexity index is 823. The molecule has 23 heavy (non-hydrogen) atoms. The number of furan rings is 1. The number of carbonyl (C=O) groups is 1. The summed E-state index contributed by atoms with van der Waals surface area (Å²) in [6.45, 7) is 0. The predicted molar refractivity (Wildman–Crippen MR) is 89.5 cm³/mol. The lowest BCUT2D eigenvalue weighted by Crippen LogP contribution is -2.26. The number of nitrogens with zero attached hydrogens (tertiary/aromatic N) is 2. The average Bonchev–Trinajstić information content (AvgIpc) is 3.35. The van der Waals surface area contributed by atoms with E-state index >= 15 is 0 Å². The molecule has 2 aromatic heterocycles. The van der Waals surface area contributed by atoms with E-state index in [9.17, 15) is 4.79 Å². The van der Waals surface area contributed by atoms with Crippen LogP contribution in [-0.4, -0.2) is 16.6 Å². The summed E-state index contributed by atoms with van der Waals surface area (Å²) in [5.74, 6) is 0.101. The van der Waals surface area contributed by atoms with Crippen LogP contribution in [0.5, 0.6) is 0 Å². The Balaban J connectivity index is 1.72. The molecule has 1 amide bonds. The number of hydrogen-bond acceptors (Lipinski definition) is 4. The quantitative estimate of drug-likeness (QED) is 0.720. The van der Waals surface area contributed by atoms with Gasteiger partial charge in [-0.15, -0.1) is 11.3 Å². The standard InChI is InChI=1S/C18H14N2O2S/c21-18(16-8-4-10-22-16)20-15(17-9-5-11-23-17)12-14(19-20)13-6-2-1-3-7-13/h1-11,15H,12H2/t15-/m0/s1. The van der Waals surface area contributed by atoms with E-state index < -0.39 is 0 Å². The van der Waals surface area contributed by atoms with Gasteiger partial charge < -0.3 is 4.42 Å². The SMILES string of the molecule is O=C(c1ccco1)N1N=C(c2ccccc2)C[C@H]1c1cccs1. The van der Waals surface area contributed by atoms with Gasteiger partial charge in [0.25, 0.3) is 0 Å². The van der Waals surface area contributed by atoms with Gasteiger partial charge in [0.05, 0.1) is 18.0 Å². The largest absolute Gasteiger partial charge is 0.459 e. The highest BCUT2D eigenvalue weighted by atomic mass is 32.1. The van der Waals surface area contributed by atoms with E-state index in [0.717, 1.165) is 16.2 Å². The second kappa shape index (κ2) is 5.85. The third-order valence-corrected chi connectivity index (χ3v) is 4.80. The number of amides is 1. The maximum atomic E-state index is 12.7. The molecule has 0 radical (unpaired) electrons. The van der Waals surface area contributed by atoms with Crippen LogP contribution >= 0.6 is 11.3 Å². The Hall–Kier alpha value is -2.66. The molecule has 0 bridgehead atoms. The number of hydrazone groups is 1. The first-order valence-electron chi connectivity index (χ1n) is 7.36. The second-order valence-electron chi connectivity index (χ2n) is 5.28. The van der Waals surface area contributed by atoms with Gasteiger partial charge in [-0.3, -0.25) is 4.79 Å². The Labute approximate surface area is 137 Å². The van der Waals surface area contributed by atoms with Gasteiger partial charge in [0.15, 0.2) is 5.76 Å². The second-order valence-corrected chi connectivity index (χ2v) is 6.25. The lowest BCUT2D eigenvalue weighted by molar-refractivity contribution is 0.0681. The van der Waals surface area contributed by atoms with Gasteiger partial charge in [0, 0.05) is 11.3 Å². The number of benzene rings is 1. The van der Waals surface area contributed by atoms with Crippen molar-refractivity contribution in [1.82, 2.24) is 5.01 Å². The van der Waals surface area contributed by atoms with Crippen molar-refractivity contribution in [3.05, 3.63) is 82.4 Å². The molecule has 0 aliphatic carbocycles. The molecule has 0 N–H and O–H groups in total. The molecular weight excluding hydrogens is 308 g/mol. The summed E-state index contributed by atoms with van der Waals surface area (Å²) in [5, 5.41) is 8.17. The average molecular weight is 322 g/mol. The van der Waals surface area contributed by atoms with Crippen molar-refractivity contribution in [3.63, 3.8) is 0 Å². The Morgan fingerprint density at radius 2 is 2.00 bits per heavy atom. The first-order valence-corrected chi connectivity index (χ1v) is 8.24. The summed E-state index contributed by atoms with van der Waals surface area (Å²) in [7, 11) is 0. The van der Waals surface area contributed by atoms with Crippen LogP contribution in [0.15, 0.2) is 75.8 Å². The van der Waals surface area contributed by atoms with Crippen molar-refractivity contribution < 1.29 is 9.21 Å². The Morgan fingerprint density at radius 3 is 2.70 bits per heavy atom. The summed E-state index contributed by atoms with van der Waals surface area (Å²) < 4.78 is 5.26. The molecule has 1 aliphatic rings. The maximum absolute atomic E-state index is 12.7. The van der Waals surface area contributed by atoms with Crippen molar-refractivity contribution in [3.8, 4) is 0 Å². The topological polar surface area (TPSA) is 45.8 Å². The molecule has 1 aliphatic heterocycles. The van der Waals surface area contributed by atoms with Gasteiger partial charge in [0.1, 0.15) is 0 Å². The molecule has 3 aromatic rings. The minimum absolute atomic E-state index is 0.0807. The van der Waals surface area contributed by atoms with Crippen molar-refractivity contribution >= 4 is 23.0 Å². The number of rotatable bonds is 3. The van der Waals surface area contributed by atoms with Crippen molar-refractivity contribution in [2.45, 2.75) is 12.5 Å². The molecule has 4 rings (SSSR count). The molecular formula is C18H14N2O2S. The van der Waals surface area contributed by atoms with Gasteiger partial charge in [-0.2, -0.15) is 5.10 Å². The van der Waals surface area contributed by atoms with E-state index in [-0.39, 0.29) is 11.9 Å². The van der Waals surface area contributed by atoms with E-state index in [0.29, 0.717) is 12.2 Å². The highest BCUT2D eigenvalue weighted by Gasteiger charge is 2.35. The molecule has 114 valence electrons. The fraction of sp³-hybridized carbons (Fsp3) is 0.111. The zero-order chi connectivity index (χ0) is 15.6. The summed E-state index contributed by atoms with van der Waals surface area (Å²) in [6.07, 6.45) is 2.21. The van der Waals surface area contributed by atoms with E-state index in [1.807, 2.05) is 47.8 Å². The fourth-order valence-electron chi connectivity index (χ4n) is 2.72. The van der Waals surface area contributed by atoms with E-state index in [1.165, 1.54) is 6.26 Å². The summed E-state index contributed by atoms with van der Waals surface area (Å²) >= 11 is 1.64. The minimum Gasteiger partial charge on any atom is -0.459 e. The Kier molecular flexibility index (Phi) is 3.55. The van der Waals surface area contributed by atoms with E-state index in [2.05, 4.69) is 5.10 Å². The first-order chi connectivity index (χ1) is 11.3. The zero-order valence-electron chi connectivity index (χ0n) is 12.3. The number of thiophene rings is 1. The molecule has 0 fully saturated rings. The van der Waals surface area contributed by atoms with Crippen molar-refractivity contribution in [1.29, 1.82) is 0 Å². The van der Waals surface area contributed by atoms with E-state index in [4.69, 9.17) is 4.42 Å². The summed E-state index contributed by atoms with van der Waals surface area (Å²) in [6, 6.07) is 17.3. The normalized spacial score (nSPS) is 17.3. The molecule has 1 atom stereocenters. The first kappa shape index (κ1) is 14.0. The van der Waals surface area contributed by atoms with Crippen LogP contribution in [0.4, 0.5) is 0 Å². The summed E-state index contributed by atoms with van der Waals surface area (Å²) in [4.78, 5) is 13.8. The molecule has 0 saturated carbocycles. The van der Waals surface area contributed by atoms with Crippen LogP contribution in [0, 0.1) is 0 Å². The molecule has 0 unspecified atom stereocenters. The molecule has 0 saturated heterocycles. The Morgan fingerprint density at radius 1 is 1.13 bits per heavy atom. The molecule has 3 heterocycles. The van der Waals surface area contributed by atoms with Crippen LogP contribution in [0.25, 0.3) is 0 Å². The van der Waals surface area contributed by atoms with Crippen molar-refractivity contribution in [2.24, 2.45) is 5.10 Å². The van der Waals surface area contributed by atoms with Crippen molar-refractivity contribution in [2.75, 3.05) is 0 Å². The third-order valence-electron chi connectivity index (χ3n) is 3.83. The highest BCUT2D eigenvalue weighted by Crippen LogP contribution is 2.36. The minimum atomic E-state index is -0.209. The third kappa shape index (κ3) is 2.59. The number of hydrogen-bond donors (Lipinski definition) is 0. The van der Waals surface area contributed by atoms with Crippen LogP contribution in [-0.2, 0) is 0 Å². The molecule has 4 nitrogen and oxygen atoms in total. The lowest BCUT2D eigenvalue weighted by Gasteiger charge is -2.19. The van der Waals surface area contributed by atoms with Gasteiger partial charge in [-0.05, 0) is 29.1 Å². The molecule has 5 heteroatoms. The van der Waals surface area contributed by atoms with Gasteiger partial charge in [0.2, 0.25) is 0 Å². The molecule has 0 spiro atoms. The van der Waals surface area contributed by atoms with Crippen LogP contribution in [0.1, 0.15) is 33.5 Å². The highest BCUT2D eigenvalue weighted by molar-refractivity contribution is 7.10.